The third-order valence-electron chi connectivity index (χ3n) is 5.76. The Hall–Kier alpha value is -2.74. The fourth-order valence-electron chi connectivity index (χ4n) is 3.90. The molecule has 3 aromatic rings. The van der Waals surface area contributed by atoms with Gasteiger partial charge in [-0.2, -0.15) is 0 Å². The van der Waals surface area contributed by atoms with Gasteiger partial charge in [0.15, 0.2) is 6.61 Å². The standard InChI is InChI=1S/C24H26ClFN4O2/c1-30(13-3-4-18-14-21(29-28-18)16-6-8-17(26)9-7-16)23(31)15-32-22-11-10-20(25)19-5-2-12-27-24(19)22/h2,5-12,18,21,28-29H,3-4,13-15H2,1H3. The molecule has 2 heterocycles. The van der Waals surface area contributed by atoms with E-state index < -0.39 is 0 Å². The monoisotopic (exact) mass is 456 g/mol. The van der Waals surface area contributed by atoms with Crippen molar-refractivity contribution >= 4 is 28.4 Å². The number of fused-ring (bicyclic) bond motifs is 1. The van der Waals surface area contributed by atoms with Crippen molar-refractivity contribution in [3.05, 3.63) is 71.1 Å². The molecule has 8 heteroatoms. The van der Waals surface area contributed by atoms with E-state index in [1.165, 1.54) is 12.1 Å². The molecule has 4 rings (SSSR count). The number of pyridine rings is 1. The second kappa shape index (κ2) is 10.3. The Kier molecular flexibility index (Phi) is 7.19. The van der Waals surface area contributed by atoms with E-state index >= 15 is 0 Å². The fraction of sp³-hybridized carbons (Fsp3) is 0.333. The molecule has 0 radical (unpaired) electrons. The minimum absolute atomic E-state index is 0.0559. The molecule has 32 heavy (non-hydrogen) atoms. The quantitative estimate of drug-likeness (QED) is 0.530. The molecule has 2 atom stereocenters. The van der Waals surface area contributed by atoms with E-state index in [1.54, 1.807) is 30.3 Å². The number of nitrogens with one attached hydrogen (secondary N) is 2. The predicted octanol–water partition coefficient (Wildman–Crippen LogP) is 4.25. The number of nitrogens with zero attached hydrogens (tertiary/aromatic N) is 2. The van der Waals surface area contributed by atoms with Crippen LogP contribution in [0.5, 0.6) is 5.75 Å². The first-order valence-electron chi connectivity index (χ1n) is 10.7. The second-order valence-corrected chi connectivity index (χ2v) is 8.42. The van der Waals surface area contributed by atoms with Crippen molar-refractivity contribution in [2.24, 2.45) is 0 Å². The van der Waals surface area contributed by atoms with Crippen LogP contribution in [-0.4, -0.2) is 42.0 Å². The summed E-state index contributed by atoms with van der Waals surface area (Å²) < 4.78 is 18.9. The average Bonchev–Trinajstić information content (AvgIpc) is 3.28. The van der Waals surface area contributed by atoms with Crippen molar-refractivity contribution in [3.8, 4) is 5.75 Å². The van der Waals surface area contributed by atoms with E-state index in [0.717, 1.165) is 30.2 Å². The van der Waals surface area contributed by atoms with Crippen LogP contribution in [0.25, 0.3) is 10.9 Å². The van der Waals surface area contributed by atoms with E-state index in [0.29, 0.717) is 28.9 Å². The number of hydrogen-bond donors (Lipinski definition) is 2. The number of aromatic nitrogens is 1. The zero-order valence-corrected chi connectivity index (χ0v) is 18.6. The summed E-state index contributed by atoms with van der Waals surface area (Å²) in [5, 5.41) is 1.39. The number of carbonyl (C=O) groups is 1. The maximum Gasteiger partial charge on any atom is 0.260 e. The Labute approximate surface area is 191 Å². The molecule has 1 aliphatic heterocycles. The van der Waals surface area contributed by atoms with Crippen LogP contribution in [0.15, 0.2) is 54.7 Å². The van der Waals surface area contributed by atoms with E-state index in [4.69, 9.17) is 16.3 Å². The third-order valence-corrected chi connectivity index (χ3v) is 6.09. The number of amides is 1. The highest BCUT2D eigenvalue weighted by molar-refractivity contribution is 6.35. The number of likely N-dealkylation sites (N-methyl/N-ethyl adjacent to an activating group) is 1. The van der Waals surface area contributed by atoms with Gasteiger partial charge in [0.05, 0.1) is 5.02 Å². The van der Waals surface area contributed by atoms with Crippen LogP contribution < -0.4 is 15.6 Å². The lowest BCUT2D eigenvalue weighted by atomic mass is 9.99. The number of rotatable bonds is 8. The van der Waals surface area contributed by atoms with Crippen LogP contribution >= 0.6 is 11.6 Å². The van der Waals surface area contributed by atoms with Crippen molar-refractivity contribution in [1.82, 2.24) is 20.7 Å². The highest BCUT2D eigenvalue weighted by atomic mass is 35.5. The minimum Gasteiger partial charge on any atom is -0.481 e. The first-order chi connectivity index (χ1) is 15.5. The number of carbonyl (C=O) groups excluding carboxylic acids is 1. The molecule has 0 aliphatic carbocycles. The van der Waals surface area contributed by atoms with Gasteiger partial charge in [-0.15, -0.1) is 0 Å². The number of ether oxygens (including phenoxy) is 1. The topological polar surface area (TPSA) is 66.5 Å². The van der Waals surface area contributed by atoms with Crippen molar-refractivity contribution in [2.75, 3.05) is 20.2 Å². The van der Waals surface area contributed by atoms with Crippen LogP contribution in [-0.2, 0) is 4.79 Å². The fourth-order valence-corrected chi connectivity index (χ4v) is 4.12. The summed E-state index contributed by atoms with van der Waals surface area (Å²) >= 11 is 6.21. The summed E-state index contributed by atoms with van der Waals surface area (Å²) in [6, 6.07) is 14.2. The molecule has 0 bridgehead atoms. The number of hydrogen-bond acceptors (Lipinski definition) is 5. The van der Waals surface area contributed by atoms with Gasteiger partial charge >= 0.3 is 0 Å². The van der Waals surface area contributed by atoms with Gasteiger partial charge in [-0.1, -0.05) is 23.7 Å². The molecule has 2 aromatic carbocycles. The lowest BCUT2D eigenvalue weighted by Gasteiger charge is -2.19. The summed E-state index contributed by atoms with van der Waals surface area (Å²) in [5.74, 6) is 0.221. The highest BCUT2D eigenvalue weighted by Gasteiger charge is 2.24. The first-order valence-corrected chi connectivity index (χ1v) is 11.1. The van der Waals surface area contributed by atoms with Crippen LogP contribution in [0.4, 0.5) is 4.39 Å². The normalized spacial score (nSPS) is 18.1. The Balaban J connectivity index is 1.21. The zero-order chi connectivity index (χ0) is 22.5. The molecule has 1 aromatic heterocycles. The Bertz CT molecular complexity index is 1080. The van der Waals surface area contributed by atoms with Crippen molar-refractivity contribution < 1.29 is 13.9 Å². The van der Waals surface area contributed by atoms with Crippen LogP contribution in [0.1, 0.15) is 30.9 Å². The minimum atomic E-state index is -0.228. The summed E-state index contributed by atoms with van der Waals surface area (Å²) in [5.41, 5.74) is 8.28. The van der Waals surface area contributed by atoms with E-state index in [1.807, 2.05) is 24.3 Å². The molecule has 1 aliphatic rings. The van der Waals surface area contributed by atoms with Gasteiger partial charge in [-0.3, -0.25) is 20.6 Å². The van der Waals surface area contributed by atoms with Crippen molar-refractivity contribution in [3.63, 3.8) is 0 Å². The SMILES string of the molecule is CN(CCCC1CC(c2ccc(F)cc2)NN1)C(=O)COc1ccc(Cl)c2cccnc12. The molecule has 0 saturated carbocycles. The third kappa shape index (κ3) is 5.35. The van der Waals surface area contributed by atoms with Gasteiger partial charge in [0.1, 0.15) is 17.1 Å². The molecule has 1 saturated heterocycles. The van der Waals surface area contributed by atoms with Crippen LogP contribution in [0.2, 0.25) is 5.02 Å². The maximum absolute atomic E-state index is 13.1. The number of benzene rings is 2. The maximum atomic E-state index is 13.1. The summed E-state index contributed by atoms with van der Waals surface area (Å²) in [4.78, 5) is 18.5. The Morgan fingerprint density at radius 1 is 1.22 bits per heavy atom. The average molecular weight is 457 g/mol. The summed E-state index contributed by atoms with van der Waals surface area (Å²) in [6.45, 7) is 0.584. The molecule has 2 unspecified atom stereocenters. The zero-order valence-electron chi connectivity index (χ0n) is 17.9. The largest absolute Gasteiger partial charge is 0.481 e. The van der Waals surface area contributed by atoms with E-state index in [2.05, 4.69) is 15.8 Å². The second-order valence-electron chi connectivity index (χ2n) is 8.02. The molecule has 168 valence electrons. The Morgan fingerprint density at radius 2 is 2.03 bits per heavy atom. The van der Waals surface area contributed by atoms with Gasteiger partial charge in [0.25, 0.3) is 5.91 Å². The number of hydrazine groups is 1. The van der Waals surface area contributed by atoms with E-state index in [-0.39, 0.29) is 24.4 Å². The molecule has 0 spiro atoms. The van der Waals surface area contributed by atoms with Crippen molar-refractivity contribution in [1.29, 1.82) is 0 Å². The lowest BCUT2D eigenvalue weighted by Crippen LogP contribution is -2.34. The first kappa shape index (κ1) is 22.5. The van der Waals surface area contributed by atoms with Crippen molar-refractivity contribution in [2.45, 2.75) is 31.3 Å². The molecule has 1 fully saturated rings. The Morgan fingerprint density at radius 3 is 2.84 bits per heavy atom. The molecule has 2 N–H and O–H groups in total. The van der Waals surface area contributed by atoms with Gasteiger partial charge in [0, 0.05) is 37.3 Å². The molecular weight excluding hydrogens is 431 g/mol. The predicted molar refractivity (Wildman–Crippen MR) is 123 cm³/mol. The molecular formula is C24H26ClFN4O2. The number of halogens is 2. The molecule has 1 amide bonds. The van der Waals surface area contributed by atoms with Gasteiger partial charge < -0.3 is 9.64 Å². The van der Waals surface area contributed by atoms with Gasteiger partial charge in [-0.05, 0) is 61.2 Å². The summed E-state index contributed by atoms with van der Waals surface area (Å²) in [6.07, 6.45) is 4.38. The lowest BCUT2D eigenvalue weighted by molar-refractivity contribution is -0.132. The van der Waals surface area contributed by atoms with Crippen LogP contribution in [0, 0.1) is 5.82 Å². The summed E-state index contributed by atoms with van der Waals surface area (Å²) in [7, 11) is 1.78. The molecule has 6 nitrogen and oxygen atoms in total. The van der Waals surface area contributed by atoms with Gasteiger partial charge in [0.2, 0.25) is 0 Å². The highest BCUT2D eigenvalue weighted by Crippen LogP contribution is 2.29. The van der Waals surface area contributed by atoms with Crippen LogP contribution in [0.3, 0.4) is 0 Å². The van der Waals surface area contributed by atoms with Gasteiger partial charge in [-0.25, -0.2) is 4.39 Å². The van der Waals surface area contributed by atoms with E-state index in [9.17, 15) is 9.18 Å². The smallest absolute Gasteiger partial charge is 0.260 e.